The van der Waals surface area contributed by atoms with Gasteiger partial charge < -0.3 is 0 Å². The summed E-state index contributed by atoms with van der Waals surface area (Å²) in [5.41, 5.74) is 2.80. The highest BCUT2D eigenvalue weighted by Gasteiger charge is 2.06. The van der Waals surface area contributed by atoms with Crippen LogP contribution in [0.2, 0.25) is 0 Å². The van der Waals surface area contributed by atoms with Crippen LogP contribution in [0.15, 0.2) is 24.3 Å². The molecule has 0 aliphatic rings. The Morgan fingerprint density at radius 1 is 1.46 bits per heavy atom. The molecule has 1 aromatic carbocycles. The van der Waals surface area contributed by atoms with Gasteiger partial charge in [-0.2, -0.15) is 0 Å². The highest BCUT2D eigenvalue weighted by atomic mass is 19.1. The Kier molecular flexibility index (Phi) is 2.84. The van der Waals surface area contributed by atoms with Gasteiger partial charge in [-0.05, 0) is 12.1 Å². The molecule has 0 aromatic heterocycles. The van der Waals surface area contributed by atoms with Gasteiger partial charge >= 0.3 is 0 Å². The van der Waals surface area contributed by atoms with E-state index in [9.17, 15) is 9.18 Å². The van der Waals surface area contributed by atoms with Crippen molar-refractivity contribution in [3.63, 3.8) is 0 Å². The maximum Gasteiger partial charge on any atom is 0.235 e. The molecule has 0 saturated carbocycles. The molecule has 1 N–H and O–H groups in total. The number of carbonyl (C=O) groups excluding carboxylic acids is 1. The largest absolute Gasteiger partial charge is 0.286 e. The number of carbonyl (C=O) groups is 1. The molecule has 1 rings (SSSR count). The predicted molar refractivity (Wildman–Crippen MR) is 48.6 cm³/mol. The normalized spacial score (nSPS) is 9.46. The van der Waals surface area contributed by atoms with Crippen LogP contribution in [0.3, 0.4) is 0 Å². The molecular formula is C9H11FN2O. The predicted octanol–water partition coefficient (Wildman–Crippen LogP) is 1.31. The molecule has 0 bridgehead atoms. The number of hydrazine groups is 1. The smallest absolute Gasteiger partial charge is 0.235 e. The van der Waals surface area contributed by atoms with Crippen LogP contribution in [0.25, 0.3) is 0 Å². The van der Waals surface area contributed by atoms with E-state index >= 15 is 0 Å². The van der Waals surface area contributed by atoms with Crippen LogP contribution in [0.4, 0.5) is 10.1 Å². The first-order chi connectivity index (χ1) is 6.11. The molecule has 0 fully saturated rings. The first-order valence-corrected chi connectivity index (χ1v) is 3.86. The van der Waals surface area contributed by atoms with Gasteiger partial charge in [0.25, 0.3) is 0 Å². The van der Waals surface area contributed by atoms with E-state index in [2.05, 4.69) is 5.43 Å². The number of halogens is 1. The van der Waals surface area contributed by atoms with Crippen molar-refractivity contribution in [2.45, 2.75) is 6.92 Å². The minimum atomic E-state index is -0.362. The van der Waals surface area contributed by atoms with Gasteiger partial charge in [-0.1, -0.05) is 12.1 Å². The molecule has 0 aliphatic heterocycles. The lowest BCUT2D eigenvalue weighted by molar-refractivity contribution is -0.119. The van der Waals surface area contributed by atoms with Crippen molar-refractivity contribution < 1.29 is 9.18 Å². The number of rotatable bonds is 2. The molecule has 0 heterocycles. The van der Waals surface area contributed by atoms with Crippen LogP contribution in [0.1, 0.15) is 6.92 Å². The quantitative estimate of drug-likeness (QED) is 0.699. The second-order valence-electron chi connectivity index (χ2n) is 2.68. The number of amides is 1. The lowest BCUT2D eigenvalue weighted by Crippen LogP contribution is -2.38. The van der Waals surface area contributed by atoms with Crippen molar-refractivity contribution in [3.05, 3.63) is 30.1 Å². The zero-order chi connectivity index (χ0) is 9.84. The average Bonchev–Trinajstić information content (AvgIpc) is 2.03. The maximum absolute atomic E-state index is 13.1. The Morgan fingerprint density at radius 3 is 2.62 bits per heavy atom. The standard InChI is InChI=1S/C9H11FN2O/c1-7(13)11-12(2)9-6-4-3-5-8(9)10/h3-6H,1-2H3,(H,11,13). The van der Waals surface area contributed by atoms with Crippen molar-refractivity contribution in [3.8, 4) is 0 Å². The van der Waals surface area contributed by atoms with Gasteiger partial charge in [0.15, 0.2) is 0 Å². The summed E-state index contributed by atoms with van der Waals surface area (Å²) in [7, 11) is 1.58. The summed E-state index contributed by atoms with van der Waals surface area (Å²) in [6, 6.07) is 6.23. The van der Waals surface area contributed by atoms with Gasteiger partial charge in [0.05, 0.1) is 5.69 Å². The van der Waals surface area contributed by atoms with Crippen molar-refractivity contribution in [2.24, 2.45) is 0 Å². The van der Waals surface area contributed by atoms with E-state index in [1.807, 2.05) is 0 Å². The zero-order valence-electron chi connectivity index (χ0n) is 7.54. The van der Waals surface area contributed by atoms with Crippen LogP contribution in [-0.2, 0) is 4.79 Å². The molecule has 0 radical (unpaired) electrons. The lowest BCUT2D eigenvalue weighted by atomic mass is 10.3. The van der Waals surface area contributed by atoms with E-state index < -0.39 is 0 Å². The number of nitrogens with zero attached hydrogens (tertiary/aromatic N) is 1. The second-order valence-corrected chi connectivity index (χ2v) is 2.68. The molecule has 70 valence electrons. The van der Waals surface area contributed by atoms with E-state index in [4.69, 9.17) is 0 Å². The number of benzene rings is 1. The third-order valence-corrected chi connectivity index (χ3v) is 1.54. The molecule has 0 aliphatic carbocycles. The van der Waals surface area contributed by atoms with E-state index in [1.165, 1.54) is 18.0 Å². The molecule has 0 atom stereocenters. The highest BCUT2D eigenvalue weighted by molar-refractivity contribution is 5.75. The molecule has 3 nitrogen and oxygen atoms in total. The molecule has 4 heteroatoms. The Hall–Kier alpha value is -1.58. The van der Waals surface area contributed by atoms with Crippen LogP contribution in [0.5, 0.6) is 0 Å². The first-order valence-electron chi connectivity index (χ1n) is 3.86. The Labute approximate surface area is 76.1 Å². The number of anilines is 1. The van der Waals surface area contributed by atoms with E-state index in [1.54, 1.807) is 25.2 Å². The monoisotopic (exact) mass is 182 g/mol. The van der Waals surface area contributed by atoms with Crippen LogP contribution in [-0.4, -0.2) is 13.0 Å². The Bertz CT molecular complexity index is 314. The topological polar surface area (TPSA) is 32.3 Å². The van der Waals surface area contributed by atoms with Crippen LogP contribution >= 0.6 is 0 Å². The fourth-order valence-corrected chi connectivity index (χ4v) is 1.02. The van der Waals surface area contributed by atoms with Gasteiger partial charge in [0.2, 0.25) is 5.91 Å². The highest BCUT2D eigenvalue weighted by Crippen LogP contribution is 2.14. The van der Waals surface area contributed by atoms with Gasteiger partial charge in [0, 0.05) is 14.0 Å². The van der Waals surface area contributed by atoms with E-state index in [-0.39, 0.29) is 11.7 Å². The SMILES string of the molecule is CC(=O)NN(C)c1ccccc1F. The van der Waals surface area contributed by atoms with E-state index in [0.717, 1.165) is 0 Å². The third-order valence-electron chi connectivity index (χ3n) is 1.54. The van der Waals surface area contributed by atoms with Crippen LogP contribution < -0.4 is 10.4 Å². The molecule has 13 heavy (non-hydrogen) atoms. The summed E-state index contributed by atoms with van der Waals surface area (Å²) in [5, 5.41) is 1.34. The second kappa shape index (κ2) is 3.89. The molecule has 1 aromatic rings. The summed E-state index contributed by atoms with van der Waals surface area (Å²) < 4.78 is 13.1. The van der Waals surface area contributed by atoms with Crippen LogP contribution in [0, 0.1) is 5.82 Å². The van der Waals surface area contributed by atoms with Crippen molar-refractivity contribution >= 4 is 11.6 Å². The number of nitrogens with one attached hydrogen (secondary N) is 1. The average molecular weight is 182 g/mol. The fourth-order valence-electron chi connectivity index (χ4n) is 1.02. The van der Waals surface area contributed by atoms with Crippen molar-refractivity contribution in [1.82, 2.24) is 5.43 Å². The van der Waals surface area contributed by atoms with Crippen molar-refractivity contribution in [2.75, 3.05) is 12.1 Å². The minimum Gasteiger partial charge on any atom is -0.286 e. The van der Waals surface area contributed by atoms with Gasteiger partial charge in [-0.3, -0.25) is 15.2 Å². The van der Waals surface area contributed by atoms with Gasteiger partial charge in [-0.25, -0.2) is 4.39 Å². The fraction of sp³-hybridized carbons (Fsp3) is 0.222. The molecular weight excluding hydrogens is 171 g/mol. The number of hydrogen-bond acceptors (Lipinski definition) is 2. The molecule has 0 unspecified atom stereocenters. The lowest BCUT2D eigenvalue weighted by Gasteiger charge is -2.19. The third kappa shape index (κ3) is 2.43. The first kappa shape index (κ1) is 9.51. The van der Waals surface area contributed by atoms with Gasteiger partial charge in [-0.15, -0.1) is 0 Å². The summed E-state index contributed by atoms with van der Waals surface area (Å²) in [5.74, 6) is -0.593. The Morgan fingerprint density at radius 2 is 2.08 bits per heavy atom. The van der Waals surface area contributed by atoms with E-state index in [0.29, 0.717) is 5.69 Å². The molecule has 1 amide bonds. The summed E-state index contributed by atoms with van der Waals surface area (Å²) >= 11 is 0. The molecule has 0 saturated heterocycles. The Balaban J connectivity index is 2.82. The zero-order valence-corrected chi connectivity index (χ0v) is 7.54. The maximum atomic E-state index is 13.1. The summed E-state index contributed by atoms with van der Waals surface area (Å²) in [6.45, 7) is 1.37. The summed E-state index contributed by atoms with van der Waals surface area (Å²) in [4.78, 5) is 10.7. The summed E-state index contributed by atoms with van der Waals surface area (Å²) in [6.07, 6.45) is 0. The number of hydrogen-bond donors (Lipinski definition) is 1. The van der Waals surface area contributed by atoms with Gasteiger partial charge in [0.1, 0.15) is 5.82 Å². The number of para-hydroxylation sites is 1. The molecule has 0 spiro atoms. The minimum absolute atomic E-state index is 0.231. The van der Waals surface area contributed by atoms with Crippen molar-refractivity contribution in [1.29, 1.82) is 0 Å².